The minimum atomic E-state index is -0.604. The Hall–Kier alpha value is -2.15. The van der Waals surface area contributed by atoms with E-state index >= 15 is 0 Å². The Morgan fingerprint density at radius 3 is 2.50 bits per heavy atom. The Balaban J connectivity index is 2.28. The maximum absolute atomic E-state index is 11.1. The van der Waals surface area contributed by atoms with Crippen LogP contribution in [-0.4, -0.2) is 30.5 Å². The minimum Gasteiger partial charge on any atom is -0.492 e. The summed E-state index contributed by atoms with van der Waals surface area (Å²) in [7, 11) is 0. The molecule has 20 heavy (non-hydrogen) atoms. The number of hydrogen-bond acceptors (Lipinski definition) is 5. The van der Waals surface area contributed by atoms with E-state index in [1.54, 1.807) is 26.0 Å². The molecule has 0 spiro atoms. The summed E-state index contributed by atoms with van der Waals surface area (Å²) >= 11 is 0. The summed E-state index contributed by atoms with van der Waals surface area (Å²) in [6.07, 6.45) is 0. The van der Waals surface area contributed by atoms with E-state index in [0.29, 0.717) is 25.4 Å². The summed E-state index contributed by atoms with van der Waals surface area (Å²) in [5, 5.41) is 13.6. The molecule has 0 saturated carbocycles. The molecule has 1 aromatic rings. The van der Waals surface area contributed by atoms with E-state index in [1.807, 2.05) is 0 Å². The van der Waals surface area contributed by atoms with E-state index in [-0.39, 0.29) is 11.6 Å². The standard InChI is InChI=1S/C13H19N3O4/c1-13(2,12(14)17)9-15-7-8-20-11-5-3-10(4-6-11)16(18)19/h3-6,15H,7-9H2,1-2H3,(H2,14,17). The van der Waals surface area contributed by atoms with Crippen molar-refractivity contribution in [3.63, 3.8) is 0 Å². The number of nitrogens with two attached hydrogens (primary N) is 1. The fourth-order valence-electron chi connectivity index (χ4n) is 1.39. The molecular formula is C13H19N3O4. The van der Waals surface area contributed by atoms with Crippen molar-refractivity contribution in [1.29, 1.82) is 0 Å². The van der Waals surface area contributed by atoms with Crippen LogP contribution in [0.5, 0.6) is 5.75 Å². The molecule has 0 atom stereocenters. The molecule has 7 heteroatoms. The van der Waals surface area contributed by atoms with Crippen molar-refractivity contribution >= 4 is 11.6 Å². The van der Waals surface area contributed by atoms with Crippen molar-refractivity contribution in [3.8, 4) is 5.75 Å². The van der Waals surface area contributed by atoms with Crippen molar-refractivity contribution in [2.24, 2.45) is 11.1 Å². The topological polar surface area (TPSA) is 107 Å². The zero-order valence-corrected chi connectivity index (χ0v) is 11.6. The second-order valence-corrected chi connectivity index (χ2v) is 5.02. The van der Waals surface area contributed by atoms with E-state index in [2.05, 4.69) is 5.32 Å². The van der Waals surface area contributed by atoms with Gasteiger partial charge in [-0.2, -0.15) is 0 Å². The van der Waals surface area contributed by atoms with Gasteiger partial charge >= 0.3 is 0 Å². The number of amides is 1. The fourth-order valence-corrected chi connectivity index (χ4v) is 1.39. The molecule has 0 heterocycles. The molecule has 0 aliphatic rings. The number of primary amides is 1. The first-order valence-corrected chi connectivity index (χ1v) is 6.21. The van der Waals surface area contributed by atoms with Crippen molar-refractivity contribution in [2.75, 3.05) is 19.7 Å². The zero-order valence-electron chi connectivity index (χ0n) is 11.6. The van der Waals surface area contributed by atoms with Gasteiger partial charge in [-0.15, -0.1) is 0 Å². The SMILES string of the molecule is CC(C)(CNCCOc1ccc([N+](=O)[O-])cc1)C(N)=O. The average molecular weight is 281 g/mol. The normalized spacial score (nSPS) is 11.1. The van der Waals surface area contributed by atoms with Gasteiger partial charge in [0.25, 0.3) is 5.69 Å². The van der Waals surface area contributed by atoms with Crippen LogP contribution in [0.25, 0.3) is 0 Å². The Morgan fingerprint density at radius 2 is 2.00 bits per heavy atom. The lowest BCUT2D eigenvalue weighted by Gasteiger charge is -2.20. The molecular weight excluding hydrogens is 262 g/mol. The van der Waals surface area contributed by atoms with Crippen molar-refractivity contribution in [1.82, 2.24) is 5.32 Å². The zero-order chi connectivity index (χ0) is 15.2. The van der Waals surface area contributed by atoms with Crippen LogP contribution in [0, 0.1) is 15.5 Å². The van der Waals surface area contributed by atoms with Crippen LogP contribution in [0.2, 0.25) is 0 Å². The number of hydrogen-bond donors (Lipinski definition) is 2. The van der Waals surface area contributed by atoms with Crippen molar-refractivity contribution in [2.45, 2.75) is 13.8 Å². The predicted octanol–water partition coefficient (Wildman–Crippen LogP) is 1.07. The molecule has 1 amide bonds. The number of nitrogens with zero attached hydrogens (tertiary/aromatic N) is 1. The average Bonchev–Trinajstić information content (AvgIpc) is 2.38. The summed E-state index contributed by atoms with van der Waals surface area (Å²) in [5.74, 6) is 0.202. The second kappa shape index (κ2) is 6.85. The molecule has 1 aromatic carbocycles. The number of nitrogens with one attached hydrogen (secondary N) is 1. The Morgan fingerprint density at radius 1 is 1.40 bits per heavy atom. The van der Waals surface area contributed by atoms with Crippen LogP contribution >= 0.6 is 0 Å². The molecule has 0 bridgehead atoms. The number of benzene rings is 1. The molecule has 0 saturated heterocycles. The van der Waals surface area contributed by atoms with E-state index < -0.39 is 10.3 Å². The molecule has 0 fully saturated rings. The van der Waals surface area contributed by atoms with Crippen LogP contribution in [0.4, 0.5) is 5.69 Å². The van der Waals surface area contributed by atoms with Crippen LogP contribution in [0.3, 0.4) is 0 Å². The third-order valence-corrected chi connectivity index (χ3v) is 2.83. The minimum absolute atomic E-state index is 0.0266. The number of ether oxygens (including phenoxy) is 1. The number of nitro groups is 1. The van der Waals surface area contributed by atoms with E-state index in [9.17, 15) is 14.9 Å². The highest BCUT2D eigenvalue weighted by Gasteiger charge is 2.23. The molecule has 1 rings (SSSR count). The number of carbonyl (C=O) groups excluding carboxylic acids is 1. The van der Waals surface area contributed by atoms with Gasteiger partial charge in [-0.05, 0) is 26.0 Å². The highest BCUT2D eigenvalue weighted by molar-refractivity contribution is 5.80. The first-order valence-electron chi connectivity index (χ1n) is 6.21. The lowest BCUT2D eigenvalue weighted by molar-refractivity contribution is -0.384. The van der Waals surface area contributed by atoms with Crippen LogP contribution in [-0.2, 0) is 4.79 Å². The van der Waals surface area contributed by atoms with Crippen molar-refractivity contribution < 1.29 is 14.5 Å². The Kier molecular flexibility index (Phi) is 5.45. The Bertz CT molecular complexity index is 471. The second-order valence-electron chi connectivity index (χ2n) is 5.02. The highest BCUT2D eigenvalue weighted by atomic mass is 16.6. The molecule has 3 N–H and O–H groups in total. The molecule has 0 aliphatic heterocycles. The van der Waals surface area contributed by atoms with Gasteiger partial charge in [-0.25, -0.2) is 0 Å². The first kappa shape index (κ1) is 15.9. The lowest BCUT2D eigenvalue weighted by Crippen LogP contribution is -2.41. The summed E-state index contributed by atoms with van der Waals surface area (Å²) in [4.78, 5) is 21.1. The number of non-ortho nitro benzene ring substituents is 1. The number of carbonyl (C=O) groups is 1. The van der Waals surface area contributed by atoms with E-state index in [4.69, 9.17) is 10.5 Å². The van der Waals surface area contributed by atoms with Gasteiger partial charge in [0.05, 0.1) is 10.3 Å². The van der Waals surface area contributed by atoms with Gasteiger partial charge in [0.2, 0.25) is 5.91 Å². The fraction of sp³-hybridized carbons (Fsp3) is 0.462. The van der Waals surface area contributed by atoms with Crippen LogP contribution in [0.15, 0.2) is 24.3 Å². The summed E-state index contributed by atoms with van der Waals surface area (Å²) in [6, 6.07) is 5.87. The molecule has 0 radical (unpaired) electrons. The molecule has 0 aromatic heterocycles. The first-order chi connectivity index (χ1) is 9.33. The van der Waals surface area contributed by atoms with Gasteiger partial charge in [-0.1, -0.05) is 0 Å². The third-order valence-electron chi connectivity index (χ3n) is 2.83. The highest BCUT2D eigenvalue weighted by Crippen LogP contribution is 2.17. The molecule has 0 unspecified atom stereocenters. The molecule has 7 nitrogen and oxygen atoms in total. The van der Waals surface area contributed by atoms with Crippen LogP contribution < -0.4 is 15.8 Å². The predicted molar refractivity (Wildman–Crippen MR) is 74.4 cm³/mol. The maximum atomic E-state index is 11.1. The van der Waals surface area contributed by atoms with E-state index in [1.165, 1.54) is 12.1 Å². The van der Waals surface area contributed by atoms with Crippen molar-refractivity contribution in [3.05, 3.63) is 34.4 Å². The van der Waals surface area contributed by atoms with Gasteiger partial charge in [0, 0.05) is 25.2 Å². The maximum Gasteiger partial charge on any atom is 0.269 e. The summed E-state index contributed by atoms with van der Waals surface area (Å²) < 4.78 is 5.41. The van der Waals surface area contributed by atoms with Gasteiger partial charge in [0.15, 0.2) is 0 Å². The third kappa shape index (κ3) is 4.85. The summed E-state index contributed by atoms with van der Waals surface area (Å²) in [6.45, 7) is 4.94. The number of nitro benzene ring substituents is 1. The van der Waals surface area contributed by atoms with Gasteiger partial charge in [0.1, 0.15) is 12.4 Å². The monoisotopic (exact) mass is 281 g/mol. The van der Waals surface area contributed by atoms with Gasteiger partial charge in [-0.3, -0.25) is 14.9 Å². The molecule has 0 aliphatic carbocycles. The van der Waals surface area contributed by atoms with Crippen LogP contribution in [0.1, 0.15) is 13.8 Å². The van der Waals surface area contributed by atoms with E-state index in [0.717, 1.165) is 0 Å². The smallest absolute Gasteiger partial charge is 0.269 e. The largest absolute Gasteiger partial charge is 0.492 e. The quantitative estimate of drug-likeness (QED) is 0.421. The van der Waals surface area contributed by atoms with Gasteiger partial charge < -0.3 is 15.8 Å². The summed E-state index contributed by atoms with van der Waals surface area (Å²) in [5.41, 5.74) is 4.67. The number of rotatable bonds is 8. The lowest BCUT2D eigenvalue weighted by atomic mass is 9.93. The Labute approximate surface area is 117 Å². The molecule has 110 valence electrons.